The van der Waals surface area contributed by atoms with Crippen LogP contribution < -0.4 is 0 Å². The van der Waals surface area contributed by atoms with Gasteiger partial charge in [0.25, 0.3) is 0 Å². The van der Waals surface area contributed by atoms with Gasteiger partial charge in [-0.2, -0.15) is 0 Å². The molecule has 0 heterocycles. The van der Waals surface area contributed by atoms with Crippen LogP contribution in [0, 0.1) is 17.6 Å². The number of rotatable bonds is 4. The van der Waals surface area contributed by atoms with E-state index in [0.717, 1.165) is 12.8 Å². The number of aliphatic hydroxyl groups is 1. The molecule has 1 nitrogen and oxygen atoms in total. The summed E-state index contributed by atoms with van der Waals surface area (Å²) < 4.78 is 26.4. The summed E-state index contributed by atoms with van der Waals surface area (Å²) in [5.41, 5.74) is 0.00523. The molecule has 1 unspecified atom stereocenters. The first-order valence-corrected chi connectivity index (χ1v) is 5.27. The monoisotopic (exact) mass is 212 g/mol. The van der Waals surface area contributed by atoms with E-state index >= 15 is 0 Å². The molecular weight excluding hydrogens is 198 g/mol. The van der Waals surface area contributed by atoms with Crippen molar-refractivity contribution in [3.05, 3.63) is 35.4 Å². The van der Waals surface area contributed by atoms with Gasteiger partial charge in [-0.05, 0) is 24.5 Å². The maximum atomic E-state index is 13.2. The van der Waals surface area contributed by atoms with Gasteiger partial charge in [-0.3, -0.25) is 0 Å². The fourth-order valence-corrected chi connectivity index (χ4v) is 1.78. The van der Waals surface area contributed by atoms with Crippen molar-refractivity contribution in [2.24, 2.45) is 5.92 Å². The van der Waals surface area contributed by atoms with Gasteiger partial charge in [0.15, 0.2) is 0 Å². The highest BCUT2D eigenvalue weighted by Crippen LogP contribution is 2.34. The molecule has 1 aliphatic carbocycles. The summed E-state index contributed by atoms with van der Waals surface area (Å²) in [6.45, 7) is 0. The molecule has 1 N–H and O–H groups in total. The smallest absolute Gasteiger partial charge is 0.129 e. The maximum absolute atomic E-state index is 13.2. The lowest BCUT2D eigenvalue weighted by atomic mass is 10.0. The normalized spacial score (nSPS) is 17.8. The third-order valence-corrected chi connectivity index (χ3v) is 2.80. The van der Waals surface area contributed by atoms with Gasteiger partial charge in [-0.15, -0.1) is 0 Å². The molecule has 82 valence electrons. The van der Waals surface area contributed by atoms with E-state index in [0.29, 0.717) is 12.3 Å². The zero-order chi connectivity index (χ0) is 10.8. The van der Waals surface area contributed by atoms with Crippen molar-refractivity contribution in [3.8, 4) is 0 Å². The molecule has 1 aromatic rings. The lowest BCUT2D eigenvalue weighted by Gasteiger charge is -2.11. The van der Waals surface area contributed by atoms with E-state index < -0.39 is 17.7 Å². The highest BCUT2D eigenvalue weighted by Gasteiger charge is 2.25. The second-order valence-electron chi connectivity index (χ2n) is 4.24. The van der Waals surface area contributed by atoms with Gasteiger partial charge in [0.1, 0.15) is 11.6 Å². The Hall–Kier alpha value is -0.960. The largest absolute Gasteiger partial charge is 0.393 e. The summed E-state index contributed by atoms with van der Waals surface area (Å²) in [5.74, 6) is -0.565. The third-order valence-electron chi connectivity index (χ3n) is 2.80. The van der Waals surface area contributed by atoms with E-state index in [1.807, 2.05) is 0 Å². The van der Waals surface area contributed by atoms with Crippen molar-refractivity contribution < 1.29 is 13.9 Å². The fourth-order valence-electron chi connectivity index (χ4n) is 1.78. The van der Waals surface area contributed by atoms with Crippen LogP contribution >= 0.6 is 0 Å². The molecule has 0 saturated heterocycles. The van der Waals surface area contributed by atoms with Crippen molar-refractivity contribution in [2.75, 3.05) is 0 Å². The number of halogens is 2. The minimum Gasteiger partial charge on any atom is -0.393 e. The molecule has 1 aliphatic rings. The molecule has 1 atom stereocenters. The van der Waals surface area contributed by atoms with E-state index in [2.05, 4.69) is 0 Å². The molecule has 0 spiro atoms. The molecule has 1 saturated carbocycles. The third kappa shape index (κ3) is 2.75. The predicted octanol–water partition coefficient (Wildman–Crippen LogP) is 2.67. The van der Waals surface area contributed by atoms with Crippen molar-refractivity contribution in [1.29, 1.82) is 0 Å². The summed E-state index contributed by atoms with van der Waals surface area (Å²) >= 11 is 0. The summed E-state index contributed by atoms with van der Waals surface area (Å²) in [6.07, 6.45) is 2.39. The van der Waals surface area contributed by atoms with Crippen LogP contribution in [0.15, 0.2) is 18.2 Å². The molecule has 15 heavy (non-hydrogen) atoms. The molecular formula is C12H14F2O. The van der Waals surface area contributed by atoms with Crippen molar-refractivity contribution in [1.82, 2.24) is 0 Å². The van der Waals surface area contributed by atoms with Crippen LogP contribution in [0.5, 0.6) is 0 Å². The first kappa shape index (κ1) is 10.6. The molecule has 1 aromatic carbocycles. The van der Waals surface area contributed by atoms with Crippen LogP contribution in [0.2, 0.25) is 0 Å². The van der Waals surface area contributed by atoms with E-state index in [1.165, 1.54) is 18.2 Å². The summed E-state index contributed by atoms with van der Waals surface area (Å²) in [5, 5.41) is 9.63. The van der Waals surface area contributed by atoms with Gasteiger partial charge in [0.05, 0.1) is 6.10 Å². The highest BCUT2D eigenvalue weighted by molar-refractivity contribution is 5.20. The molecule has 0 aromatic heterocycles. The number of hydrogen-bond acceptors (Lipinski definition) is 1. The highest BCUT2D eigenvalue weighted by atomic mass is 19.1. The zero-order valence-corrected chi connectivity index (χ0v) is 8.42. The van der Waals surface area contributed by atoms with Gasteiger partial charge in [0, 0.05) is 12.0 Å². The molecule has 0 aliphatic heterocycles. The van der Waals surface area contributed by atoms with Crippen LogP contribution in [0.4, 0.5) is 8.78 Å². The van der Waals surface area contributed by atoms with Crippen LogP contribution in [0.25, 0.3) is 0 Å². The number of hydrogen-bond donors (Lipinski definition) is 1. The van der Waals surface area contributed by atoms with E-state index in [9.17, 15) is 13.9 Å². The predicted molar refractivity (Wildman–Crippen MR) is 53.4 cm³/mol. The minimum absolute atomic E-state index is 0.00523. The Kier molecular flexibility index (Phi) is 3.00. The summed E-state index contributed by atoms with van der Waals surface area (Å²) in [7, 11) is 0. The first-order valence-electron chi connectivity index (χ1n) is 5.27. The quantitative estimate of drug-likeness (QED) is 0.813. The molecule has 0 radical (unpaired) electrons. The Balaban J connectivity index is 2.01. The number of benzene rings is 1. The summed E-state index contributed by atoms with van der Waals surface area (Å²) in [4.78, 5) is 0. The Morgan fingerprint density at radius 2 is 1.87 bits per heavy atom. The van der Waals surface area contributed by atoms with Crippen molar-refractivity contribution >= 4 is 0 Å². The SMILES string of the molecule is OC(Cc1c(F)cccc1F)CC1CC1. The molecule has 0 bridgehead atoms. The Morgan fingerprint density at radius 1 is 1.27 bits per heavy atom. The van der Waals surface area contributed by atoms with E-state index in [-0.39, 0.29) is 12.0 Å². The van der Waals surface area contributed by atoms with Crippen LogP contribution in [-0.2, 0) is 6.42 Å². The van der Waals surface area contributed by atoms with Gasteiger partial charge in [-0.25, -0.2) is 8.78 Å². The van der Waals surface area contributed by atoms with Crippen molar-refractivity contribution in [3.63, 3.8) is 0 Å². The molecule has 3 heteroatoms. The lowest BCUT2D eigenvalue weighted by Crippen LogP contribution is -2.13. The average molecular weight is 212 g/mol. The second kappa shape index (κ2) is 4.27. The molecule has 2 rings (SSSR count). The van der Waals surface area contributed by atoms with E-state index in [4.69, 9.17) is 0 Å². The standard InChI is InChI=1S/C12H14F2O/c13-11-2-1-3-12(14)10(11)7-9(15)6-8-4-5-8/h1-3,8-9,15H,4-7H2. The fraction of sp³-hybridized carbons (Fsp3) is 0.500. The minimum atomic E-state index is -0.621. The Morgan fingerprint density at radius 3 is 2.40 bits per heavy atom. The number of aliphatic hydroxyl groups excluding tert-OH is 1. The zero-order valence-electron chi connectivity index (χ0n) is 8.42. The topological polar surface area (TPSA) is 20.2 Å². The van der Waals surface area contributed by atoms with Crippen LogP contribution in [0.3, 0.4) is 0 Å². The Labute approximate surface area is 87.7 Å². The second-order valence-corrected chi connectivity index (χ2v) is 4.24. The molecule has 1 fully saturated rings. The van der Waals surface area contributed by atoms with Gasteiger partial charge in [-0.1, -0.05) is 18.9 Å². The first-order chi connectivity index (χ1) is 7.16. The summed E-state index contributed by atoms with van der Waals surface area (Å²) in [6, 6.07) is 3.78. The average Bonchev–Trinajstić information content (AvgIpc) is 2.95. The lowest BCUT2D eigenvalue weighted by molar-refractivity contribution is 0.155. The maximum Gasteiger partial charge on any atom is 0.129 e. The van der Waals surface area contributed by atoms with Crippen LogP contribution in [0.1, 0.15) is 24.8 Å². The van der Waals surface area contributed by atoms with Gasteiger partial charge < -0.3 is 5.11 Å². The van der Waals surface area contributed by atoms with Gasteiger partial charge >= 0.3 is 0 Å². The van der Waals surface area contributed by atoms with Crippen molar-refractivity contribution in [2.45, 2.75) is 31.8 Å². The van der Waals surface area contributed by atoms with E-state index in [1.54, 1.807) is 0 Å². The Bertz CT molecular complexity index is 327. The van der Waals surface area contributed by atoms with Gasteiger partial charge in [0.2, 0.25) is 0 Å². The molecule has 0 amide bonds. The van der Waals surface area contributed by atoms with Crippen LogP contribution in [-0.4, -0.2) is 11.2 Å².